The number of hydrogen-bond donors (Lipinski definition) is 1. The van der Waals surface area contributed by atoms with Crippen molar-refractivity contribution in [3.63, 3.8) is 0 Å². The van der Waals surface area contributed by atoms with Crippen LogP contribution in [0.2, 0.25) is 0 Å². The number of hydrogen-bond acceptors (Lipinski definition) is 5. The van der Waals surface area contributed by atoms with Gasteiger partial charge in [-0.05, 0) is 37.0 Å². The Hall–Kier alpha value is -3.21. The average Bonchev–Trinajstić information content (AvgIpc) is 3.28. The summed E-state index contributed by atoms with van der Waals surface area (Å²) in [7, 11) is 0. The number of carbonyl (C=O) groups excluding carboxylic acids is 3. The fourth-order valence-corrected chi connectivity index (χ4v) is 4.27. The number of halogens is 3. The van der Waals surface area contributed by atoms with Gasteiger partial charge in [0.15, 0.2) is 0 Å². The molecule has 3 amide bonds. The van der Waals surface area contributed by atoms with Gasteiger partial charge in [0, 0.05) is 25.1 Å². The number of likely N-dealkylation sites (tertiary alicyclic amines) is 1. The van der Waals surface area contributed by atoms with Gasteiger partial charge in [0.1, 0.15) is 13.2 Å². The third kappa shape index (κ3) is 4.92. The topological polar surface area (TPSA) is 95.6 Å². The molecule has 2 saturated heterocycles. The highest BCUT2D eigenvalue weighted by atomic mass is 19.4. The Kier molecular flexibility index (Phi) is 6.50. The first-order valence-corrected chi connectivity index (χ1v) is 10.7. The number of carbonyl (C=O) groups is 3. The molecule has 1 atom stereocenters. The zero-order valence-electron chi connectivity index (χ0n) is 17.7. The number of nitrogens with one attached hydrogen (secondary N) is 1. The maximum absolute atomic E-state index is 13.0. The van der Waals surface area contributed by atoms with E-state index in [9.17, 15) is 27.6 Å². The number of amides is 3. The number of imide groups is 1. The second-order valence-corrected chi connectivity index (χ2v) is 8.05. The summed E-state index contributed by atoms with van der Waals surface area (Å²) in [6, 6.07) is 4.49. The Morgan fingerprint density at radius 2 is 1.82 bits per heavy atom. The zero-order valence-corrected chi connectivity index (χ0v) is 17.7. The monoisotopic (exact) mass is 464 g/mol. The Morgan fingerprint density at radius 3 is 2.48 bits per heavy atom. The molecule has 0 spiro atoms. The number of morpholine rings is 1. The molecular formula is C22H23F3N4O4. The molecule has 0 bridgehead atoms. The van der Waals surface area contributed by atoms with Gasteiger partial charge in [-0.25, -0.2) is 0 Å². The molecule has 1 aromatic carbocycles. The van der Waals surface area contributed by atoms with Crippen molar-refractivity contribution in [3.8, 4) is 11.1 Å². The largest absolute Gasteiger partial charge is 0.416 e. The van der Waals surface area contributed by atoms with Crippen LogP contribution in [0.1, 0.15) is 43.0 Å². The Balaban J connectivity index is 1.51. The number of nitrogens with zero attached hydrogens (tertiary/aromatic N) is 3. The Bertz CT molecular complexity index is 1020. The van der Waals surface area contributed by atoms with E-state index in [1.165, 1.54) is 12.1 Å². The molecule has 1 N–H and O–H groups in total. The number of ether oxygens (including phenoxy) is 1. The highest BCUT2D eigenvalue weighted by molar-refractivity contribution is 5.98. The molecule has 0 aliphatic carbocycles. The molecule has 2 aromatic rings. The number of benzene rings is 1. The lowest BCUT2D eigenvalue weighted by Crippen LogP contribution is -2.48. The van der Waals surface area contributed by atoms with Gasteiger partial charge in [-0.1, -0.05) is 12.1 Å². The van der Waals surface area contributed by atoms with Crippen molar-refractivity contribution < 1.29 is 32.3 Å². The standard InChI is InChI=1S/C22H23F3N4O4/c23-22(24,25)15-6-4-14(5-7-15)16-11-26-27-21(16)17-3-1-2-9-28(17)18(30)8-10-29-19(31)12-33-13-20(29)32/h4-7,11,17H,1-3,8-10,12-13H2,(H,26,27). The second kappa shape index (κ2) is 9.34. The van der Waals surface area contributed by atoms with Gasteiger partial charge < -0.3 is 9.64 Å². The highest BCUT2D eigenvalue weighted by Gasteiger charge is 2.33. The first-order chi connectivity index (χ1) is 15.8. The summed E-state index contributed by atoms with van der Waals surface area (Å²) >= 11 is 0. The van der Waals surface area contributed by atoms with Crippen molar-refractivity contribution in [3.05, 3.63) is 41.7 Å². The molecule has 1 aromatic heterocycles. The molecular weight excluding hydrogens is 441 g/mol. The molecule has 33 heavy (non-hydrogen) atoms. The van der Waals surface area contributed by atoms with Gasteiger partial charge >= 0.3 is 6.18 Å². The normalized spacial score (nSPS) is 19.8. The first-order valence-electron chi connectivity index (χ1n) is 10.7. The van der Waals surface area contributed by atoms with Crippen molar-refractivity contribution in [1.82, 2.24) is 20.0 Å². The minimum Gasteiger partial charge on any atom is -0.362 e. The minimum atomic E-state index is -4.42. The lowest BCUT2D eigenvalue weighted by molar-refractivity contribution is -0.158. The summed E-state index contributed by atoms with van der Waals surface area (Å²) in [6.45, 7) is 0.117. The van der Waals surface area contributed by atoms with Crippen LogP contribution in [0.4, 0.5) is 13.2 Å². The van der Waals surface area contributed by atoms with E-state index in [4.69, 9.17) is 4.74 Å². The van der Waals surface area contributed by atoms with Crippen LogP contribution >= 0.6 is 0 Å². The highest BCUT2D eigenvalue weighted by Crippen LogP contribution is 2.37. The van der Waals surface area contributed by atoms with Gasteiger partial charge in [-0.3, -0.25) is 24.4 Å². The fraction of sp³-hybridized carbons (Fsp3) is 0.455. The number of piperidine rings is 1. The molecule has 2 fully saturated rings. The fourth-order valence-electron chi connectivity index (χ4n) is 4.27. The van der Waals surface area contributed by atoms with E-state index in [0.717, 1.165) is 29.9 Å². The van der Waals surface area contributed by atoms with Crippen molar-refractivity contribution in [1.29, 1.82) is 0 Å². The molecule has 11 heteroatoms. The summed E-state index contributed by atoms with van der Waals surface area (Å²) in [5.74, 6) is -1.14. The van der Waals surface area contributed by atoms with Crippen molar-refractivity contribution in [2.45, 2.75) is 37.9 Å². The van der Waals surface area contributed by atoms with Gasteiger partial charge in [-0.2, -0.15) is 18.3 Å². The minimum absolute atomic E-state index is 0.0161. The molecule has 1 unspecified atom stereocenters. The Morgan fingerprint density at radius 1 is 1.12 bits per heavy atom. The van der Waals surface area contributed by atoms with E-state index in [0.29, 0.717) is 29.8 Å². The third-order valence-electron chi connectivity index (χ3n) is 5.95. The zero-order chi connectivity index (χ0) is 23.6. The lowest BCUT2D eigenvalue weighted by Gasteiger charge is -2.36. The van der Waals surface area contributed by atoms with E-state index >= 15 is 0 Å². The van der Waals surface area contributed by atoms with E-state index in [-0.39, 0.29) is 38.1 Å². The first kappa shape index (κ1) is 23.0. The number of aromatic amines is 1. The molecule has 8 nitrogen and oxygen atoms in total. The quantitative estimate of drug-likeness (QED) is 0.687. The van der Waals surface area contributed by atoms with E-state index in [2.05, 4.69) is 10.2 Å². The predicted octanol–water partition coefficient (Wildman–Crippen LogP) is 2.92. The van der Waals surface area contributed by atoms with E-state index in [1.54, 1.807) is 11.1 Å². The van der Waals surface area contributed by atoms with Crippen LogP contribution in [0.5, 0.6) is 0 Å². The molecule has 176 valence electrons. The molecule has 0 saturated carbocycles. The molecule has 3 heterocycles. The summed E-state index contributed by atoms with van der Waals surface area (Å²) in [5.41, 5.74) is 1.11. The van der Waals surface area contributed by atoms with Gasteiger partial charge in [0.2, 0.25) is 5.91 Å². The van der Waals surface area contributed by atoms with Crippen LogP contribution in [-0.2, 0) is 25.3 Å². The number of aromatic nitrogens is 2. The van der Waals surface area contributed by atoms with Crippen LogP contribution in [0, 0.1) is 0 Å². The summed E-state index contributed by atoms with van der Waals surface area (Å²) in [5, 5.41) is 7.00. The lowest BCUT2D eigenvalue weighted by atomic mass is 9.94. The second-order valence-electron chi connectivity index (χ2n) is 8.05. The predicted molar refractivity (Wildman–Crippen MR) is 109 cm³/mol. The maximum atomic E-state index is 13.0. The summed E-state index contributed by atoms with van der Waals surface area (Å²) < 4.78 is 43.6. The average molecular weight is 464 g/mol. The van der Waals surface area contributed by atoms with Crippen LogP contribution in [0.15, 0.2) is 30.5 Å². The van der Waals surface area contributed by atoms with E-state index in [1.807, 2.05) is 0 Å². The number of alkyl halides is 3. The molecule has 2 aliphatic heterocycles. The number of H-pyrrole nitrogens is 1. The molecule has 4 rings (SSSR count). The third-order valence-corrected chi connectivity index (χ3v) is 5.95. The van der Waals surface area contributed by atoms with E-state index < -0.39 is 23.6 Å². The maximum Gasteiger partial charge on any atom is 0.416 e. The molecule has 2 aliphatic rings. The smallest absolute Gasteiger partial charge is 0.362 e. The van der Waals surface area contributed by atoms with Crippen LogP contribution < -0.4 is 0 Å². The Labute approximate surface area is 187 Å². The van der Waals surface area contributed by atoms with Crippen molar-refractivity contribution in [2.24, 2.45) is 0 Å². The van der Waals surface area contributed by atoms with Gasteiger partial charge in [0.05, 0.1) is 23.5 Å². The van der Waals surface area contributed by atoms with Crippen LogP contribution in [-0.4, -0.2) is 64.0 Å². The SMILES string of the molecule is O=C1COCC(=O)N1CCC(=O)N1CCCCC1c1[nH]ncc1-c1ccc(C(F)(F)F)cc1. The molecule has 0 radical (unpaired) electrons. The van der Waals surface area contributed by atoms with Crippen molar-refractivity contribution in [2.75, 3.05) is 26.3 Å². The summed E-state index contributed by atoms with van der Waals surface area (Å²) in [6.07, 6.45) is -0.551. The van der Waals surface area contributed by atoms with Crippen molar-refractivity contribution >= 4 is 17.7 Å². The summed E-state index contributed by atoms with van der Waals surface area (Å²) in [4.78, 5) is 39.6. The van der Waals surface area contributed by atoms with Gasteiger partial charge in [0.25, 0.3) is 11.8 Å². The van der Waals surface area contributed by atoms with Gasteiger partial charge in [-0.15, -0.1) is 0 Å². The van der Waals surface area contributed by atoms with Crippen LogP contribution in [0.25, 0.3) is 11.1 Å². The number of rotatable bonds is 5. The van der Waals surface area contributed by atoms with Crippen LogP contribution in [0.3, 0.4) is 0 Å².